The van der Waals surface area contributed by atoms with Crippen molar-refractivity contribution in [2.24, 2.45) is 5.92 Å². The van der Waals surface area contributed by atoms with Crippen molar-refractivity contribution in [3.05, 3.63) is 53.9 Å². The van der Waals surface area contributed by atoms with Gasteiger partial charge in [0.2, 0.25) is 11.8 Å². The zero-order valence-corrected chi connectivity index (χ0v) is 18.4. The number of benzene rings is 1. The molecule has 3 aliphatic rings. The average Bonchev–Trinajstić information content (AvgIpc) is 3.14. The fraction of sp³-hybridized carbons (Fsp3) is 0.480. The summed E-state index contributed by atoms with van der Waals surface area (Å²) < 4.78 is 12.1. The first-order chi connectivity index (χ1) is 16.1. The monoisotopic (exact) mass is 451 g/mol. The van der Waals surface area contributed by atoms with E-state index in [0.717, 1.165) is 42.0 Å². The van der Waals surface area contributed by atoms with Crippen LogP contribution in [-0.4, -0.2) is 46.8 Å². The molecule has 0 radical (unpaired) electrons. The van der Waals surface area contributed by atoms with Crippen LogP contribution >= 0.6 is 0 Å². The quantitative estimate of drug-likeness (QED) is 0.597. The second-order valence-corrected chi connectivity index (χ2v) is 9.08. The van der Waals surface area contributed by atoms with Gasteiger partial charge in [-0.1, -0.05) is 12.5 Å². The smallest absolute Gasteiger partial charge is 0.227 e. The largest absolute Gasteiger partial charge is 0.487 e. The van der Waals surface area contributed by atoms with E-state index in [1.165, 1.54) is 0 Å². The van der Waals surface area contributed by atoms with Crippen molar-refractivity contribution in [1.29, 1.82) is 0 Å². The highest BCUT2D eigenvalue weighted by molar-refractivity contribution is 5.93. The Morgan fingerprint density at radius 2 is 2.06 bits per heavy atom. The van der Waals surface area contributed by atoms with E-state index in [9.17, 15) is 14.7 Å². The lowest BCUT2D eigenvalue weighted by atomic mass is 9.83. The molecule has 2 fully saturated rings. The number of fused-ring (bicyclic) bond motifs is 3. The number of aliphatic hydroxyl groups excluding tert-OH is 1. The van der Waals surface area contributed by atoms with Gasteiger partial charge in [0, 0.05) is 29.3 Å². The van der Waals surface area contributed by atoms with Crippen molar-refractivity contribution in [3.63, 3.8) is 0 Å². The molecule has 174 valence electrons. The Hall–Kier alpha value is -2.97. The summed E-state index contributed by atoms with van der Waals surface area (Å²) in [5, 5.41) is 15.8. The number of carbonyl (C=O) groups excluding carboxylic acids is 2. The Morgan fingerprint density at radius 1 is 1.18 bits per heavy atom. The Balaban J connectivity index is 1.25. The van der Waals surface area contributed by atoms with Crippen molar-refractivity contribution in [2.75, 3.05) is 11.9 Å². The lowest BCUT2D eigenvalue weighted by molar-refractivity contribution is -0.142. The van der Waals surface area contributed by atoms with E-state index in [0.29, 0.717) is 13.0 Å². The minimum atomic E-state index is -0.516. The first-order valence-electron chi connectivity index (χ1n) is 11.6. The molecule has 2 aliphatic heterocycles. The van der Waals surface area contributed by atoms with Crippen LogP contribution in [0.3, 0.4) is 0 Å². The van der Waals surface area contributed by atoms with Gasteiger partial charge in [0.05, 0.1) is 31.4 Å². The number of nitrogens with one attached hydrogen (secondary N) is 2. The minimum absolute atomic E-state index is 0.0138. The molecule has 1 saturated heterocycles. The molecule has 5 rings (SSSR count). The van der Waals surface area contributed by atoms with Crippen LogP contribution in [0.4, 0.5) is 5.69 Å². The van der Waals surface area contributed by atoms with Gasteiger partial charge >= 0.3 is 0 Å². The molecule has 0 spiro atoms. The molecule has 2 amide bonds. The molecule has 1 saturated carbocycles. The lowest BCUT2D eigenvalue weighted by Crippen LogP contribution is -2.47. The summed E-state index contributed by atoms with van der Waals surface area (Å²) in [7, 11) is 0. The van der Waals surface area contributed by atoms with Gasteiger partial charge in [-0.05, 0) is 49.6 Å². The van der Waals surface area contributed by atoms with Gasteiger partial charge < -0.3 is 25.2 Å². The van der Waals surface area contributed by atoms with Gasteiger partial charge in [0.25, 0.3) is 0 Å². The molecule has 1 aliphatic carbocycles. The van der Waals surface area contributed by atoms with Crippen molar-refractivity contribution in [3.8, 4) is 5.75 Å². The zero-order chi connectivity index (χ0) is 22.8. The predicted molar refractivity (Wildman–Crippen MR) is 121 cm³/mol. The van der Waals surface area contributed by atoms with Crippen LogP contribution in [-0.2, 0) is 20.9 Å². The molecular weight excluding hydrogens is 422 g/mol. The maximum absolute atomic E-state index is 12.5. The average molecular weight is 452 g/mol. The topological polar surface area (TPSA) is 110 Å². The van der Waals surface area contributed by atoms with Gasteiger partial charge in [-0.3, -0.25) is 14.6 Å². The van der Waals surface area contributed by atoms with E-state index in [1.54, 1.807) is 6.20 Å². The Bertz CT molecular complexity index is 1010. The van der Waals surface area contributed by atoms with Gasteiger partial charge in [-0.25, -0.2) is 0 Å². The number of aromatic nitrogens is 1. The van der Waals surface area contributed by atoms with Crippen molar-refractivity contribution in [2.45, 2.75) is 62.9 Å². The number of rotatable bonds is 7. The highest BCUT2D eigenvalue weighted by Crippen LogP contribution is 2.47. The molecule has 8 heteroatoms. The molecule has 1 aromatic heterocycles. The first-order valence-corrected chi connectivity index (χ1v) is 11.6. The second-order valence-electron chi connectivity index (χ2n) is 9.08. The molecule has 33 heavy (non-hydrogen) atoms. The standard InChI is InChI=1S/C25H29N3O5/c29-14-22-24-20(11-18(32-22)12-23(30)27-13-17-6-1-2-9-26-17)19-10-16(7-8-21(19)33-24)28-25(31)15-4-3-5-15/h1-2,6-10,15,18,20,22,24,29H,3-5,11-14H2,(H,27,30)(H,28,31)/t18-,20+,22-,24-/m0/s1. The van der Waals surface area contributed by atoms with Crippen LogP contribution in [0.25, 0.3) is 0 Å². The van der Waals surface area contributed by atoms with E-state index in [-0.39, 0.29) is 48.9 Å². The number of hydrogen-bond donors (Lipinski definition) is 3. The van der Waals surface area contributed by atoms with Crippen molar-refractivity contribution >= 4 is 17.5 Å². The van der Waals surface area contributed by atoms with E-state index >= 15 is 0 Å². The summed E-state index contributed by atoms with van der Waals surface area (Å²) in [4.78, 5) is 29.1. The van der Waals surface area contributed by atoms with Crippen molar-refractivity contribution in [1.82, 2.24) is 10.3 Å². The number of carbonyl (C=O) groups is 2. The van der Waals surface area contributed by atoms with Crippen molar-refractivity contribution < 1.29 is 24.2 Å². The first kappa shape index (κ1) is 21.9. The second kappa shape index (κ2) is 9.49. The summed E-state index contributed by atoms with van der Waals surface area (Å²) in [5.41, 5.74) is 2.54. The zero-order valence-electron chi connectivity index (χ0n) is 18.4. The number of hydrogen-bond acceptors (Lipinski definition) is 6. The van der Waals surface area contributed by atoms with E-state index in [2.05, 4.69) is 15.6 Å². The third-order valence-corrected chi connectivity index (χ3v) is 6.85. The molecule has 3 heterocycles. The summed E-state index contributed by atoms with van der Waals surface area (Å²) >= 11 is 0. The predicted octanol–water partition coefficient (Wildman–Crippen LogP) is 2.52. The van der Waals surface area contributed by atoms with Gasteiger partial charge in [-0.15, -0.1) is 0 Å². The van der Waals surface area contributed by atoms with Gasteiger partial charge in [0.1, 0.15) is 18.0 Å². The summed E-state index contributed by atoms with van der Waals surface area (Å²) in [6.45, 7) is 0.171. The molecule has 2 aromatic rings. The fourth-order valence-corrected chi connectivity index (χ4v) is 4.85. The number of nitrogens with zero attached hydrogens (tertiary/aromatic N) is 1. The maximum Gasteiger partial charge on any atom is 0.227 e. The molecular formula is C25H29N3O5. The van der Waals surface area contributed by atoms with Crippen LogP contribution in [0, 0.1) is 5.92 Å². The van der Waals surface area contributed by atoms with E-state index in [4.69, 9.17) is 9.47 Å². The number of pyridine rings is 1. The lowest BCUT2D eigenvalue weighted by Gasteiger charge is -2.37. The number of anilines is 1. The Labute approximate surface area is 192 Å². The third-order valence-electron chi connectivity index (χ3n) is 6.85. The van der Waals surface area contributed by atoms with Gasteiger partial charge in [0.15, 0.2) is 0 Å². The highest BCUT2D eigenvalue weighted by atomic mass is 16.6. The fourth-order valence-electron chi connectivity index (χ4n) is 4.85. The number of aliphatic hydroxyl groups is 1. The van der Waals surface area contributed by atoms with Crippen LogP contribution in [0.1, 0.15) is 49.3 Å². The van der Waals surface area contributed by atoms with E-state index < -0.39 is 6.10 Å². The van der Waals surface area contributed by atoms with Crippen LogP contribution in [0.15, 0.2) is 42.6 Å². The Kier molecular flexibility index (Phi) is 6.28. The molecule has 1 aromatic carbocycles. The Morgan fingerprint density at radius 3 is 2.79 bits per heavy atom. The number of ether oxygens (including phenoxy) is 2. The van der Waals surface area contributed by atoms with Crippen LogP contribution in [0.5, 0.6) is 5.75 Å². The molecule has 0 bridgehead atoms. The molecule has 0 unspecified atom stereocenters. The summed E-state index contributed by atoms with van der Waals surface area (Å²) in [6.07, 6.45) is 4.33. The third kappa shape index (κ3) is 4.72. The molecule has 3 N–H and O–H groups in total. The normalized spacial score (nSPS) is 25.8. The summed E-state index contributed by atoms with van der Waals surface area (Å²) in [5.74, 6) is 0.785. The SMILES string of the molecule is O=C(C[C@@H]1C[C@@H]2c3cc(NC(=O)C4CCC4)ccc3O[C@@H]2[C@H](CO)O1)NCc1ccccn1. The van der Waals surface area contributed by atoms with E-state index in [1.807, 2.05) is 36.4 Å². The van der Waals surface area contributed by atoms with Gasteiger partial charge in [-0.2, -0.15) is 0 Å². The molecule has 4 atom stereocenters. The number of amides is 2. The molecule has 8 nitrogen and oxygen atoms in total. The highest BCUT2D eigenvalue weighted by Gasteiger charge is 2.46. The van der Waals surface area contributed by atoms with Crippen LogP contribution < -0.4 is 15.4 Å². The van der Waals surface area contributed by atoms with Crippen LogP contribution in [0.2, 0.25) is 0 Å². The summed E-state index contributed by atoms with van der Waals surface area (Å²) in [6, 6.07) is 11.3. The minimum Gasteiger partial charge on any atom is -0.487 e. The maximum atomic E-state index is 12.5.